The fourth-order valence-corrected chi connectivity index (χ4v) is 6.19. The molecule has 41 heavy (non-hydrogen) atoms. The van der Waals surface area contributed by atoms with Crippen molar-refractivity contribution >= 4 is 43.9 Å². The van der Waals surface area contributed by atoms with Crippen LogP contribution in [-0.4, -0.2) is 9.97 Å². The van der Waals surface area contributed by atoms with Gasteiger partial charge < -0.3 is 0 Å². The van der Waals surface area contributed by atoms with Crippen LogP contribution in [0.1, 0.15) is 0 Å². The highest BCUT2D eigenvalue weighted by Crippen LogP contribution is 2.40. The molecule has 8 rings (SSSR count). The number of rotatable bonds is 4. The minimum absolute atomic E-state index is 0.645. The van der Waals surface area contributed by atoms with Gasteiger partial charge in [0.15, 0.2) is 5.82 Å². The molecule has 2 nitrogen and oxygen atoms in total. The molecule has 0 spiro atoms. The first-order valence-electron chi connectivity index (χ1n) is 13.7. The summed E-state index contributed by atoms with van der Waals surface area (Å²) in [7, 11) is 0. The lowest BCUT2D eigenvalue weighted by molar-refractivity contribution is 1.18. The van der Waals surface area contributed by atoms with Crippen LogP contribution in [0.25, 0.3) is 77.3 Å². The molecule has 0 saturated heterocycles. The normalized spacial score (nSPS) is 11.5. The highest BCUT2D eigenvalue weighted by Gasteiger charge is 2.15. The largest absolute Gasteiger partial charge is 0.228 e. The van der Waals surface area contributed by atoms with Gasteiger partial charge in [-0.15, -0.1) is 0 Å². The van der Waals surface area contributed by atoms with Crippen molar-refractivity contribution in [2.45, 2.75) is 0 Å². The molecule has 0 unspecified atom stereocenters. The van der Waals surface area contributed by atoms with Crippen LogP contribution in [0, 0.1) is 0 Å². The van der Waals surface area contributed by atoms with Crippen LogP contribution >= 0.6 is 11.6 Å². The summed E-state index contributed by atoms with van der Waals surface area (Å²) in [6.45, 7) is 0. The van der Waals surface area contributed by atoms with Crippen LogP contribution in [-0.2, 0) is 0 Å². The summed E-state index contributed by atoms with van der Waals surface area (Å²) in [5.41, 5.74) is 6.90. The Bertz CT molecular complexity index is 2130. The van der Waals surface area contributed by atoms with E-state index in [1.807, 2.05) is 48.5 Å². The topological polar surface area (TPSA) is 25.8 Å². The summed E-state index contributed by atoms with van der Waals surface area (Å²) in [6.07, 6.45) is 0. The number of hydrogen-bond donors (Lipinski definition) is 0. The summed E-state index contributed by atoms with van der Waals surface area (Å²) >= 11 is 6.81. The van der Waals surface area contributed by atoms with Gasteiger partial charge in [0.1, 0.15) is 0 Å². The van der Waals surface area contributed by atoms with Gasteiger partial charge in [0.05, 0.1) is 11.4 Å². The highest BCUT2D eigenvalue weighted by molar-refractivity contribution is 6.31. The van der Waals surface area contributed by atoms with Gasteiger partial charge in [0.25, 0.3) is 0 Å². The van der Waals surface area contributed by atoms with Crippen molar-refractivity contribution in [3.63, 3.8) is 0 Å². The second-order valence-electron chi connectivity index (χ2n) is 10.4. The molecule has 8 aromatic rings. The van der Waals surface area contributed by atoms with Crippen molar-refractivity contribution in [3.05, 3.63) is 145 Å². The number of benzene rings is 7. The monoisotopic (exact) mass is 542 g/mol. The number of aromatic nitrogens is 2. The standard InChI is InChI=1S/C38H23ClN2/c39-31-21-29(32-18-16-28-15-14-26-12-7-13-27-17-19-33(32)37(28)36(26)27)20-30(22-31)38-40-34(24-8-3-1-4-9-24)23-35(41-38)25-10-5-2-6-11-25/h1-23H. The maximum atomic E-state index is 6.81. The molecule has 0 aliphatic carbocycles. The molecule has 0 atom stereocenters. The Hall–Kier alpha value is -5.05. The lowest BCUT2D eigenvalue weighted by Gasteiger charge is -2.15. The van der Waals surface area contributed by atoms with Crippen LogP contribution in [0.2, 0.25) is 5.02 Å². The predicted molar refractivity (Wildman–Crippen MR) is 172 cm³/mol. The molecule has 192 valence electrons. The van der Waals surface area contributed by atoms with E-state index in [4.69, 9.17) is 21.6 Å². The zero-order valence-electron chi connectivity index (χ0n) is 22.1. The molecule has 0 aliphatic rings. The Morgan fingerprint density at radius 2 is 0.976 bits per heavy atom. The van der Waals surface area contributed by atoms with Crippen LogP contribution < -0.4 is 0 Å². The second-order valence-corrected chi connectivity index (χ2v) is 10.8. The first-order chi connectivity index (χ1) is 20.2. The minimum Gasteiger partial charge on any atom is -0.228 e. The van der Waals surface area contributed by atoms with E-state index >= 15 is 0 Å². The van der Waals surface area contributed by atoms with Gasteiger partial charge in [-0.3, -0.25) is 0 Å². The van der Waals surface area contributed by atoms with Crippen LogP contribution in [0.5, 0.6) is 0 Å². The van der Waals surface area contributed by atoms with E-state index in [-0.39, 0.29) is 0 Å². The third-order valence-corrected chi connectivity index (χ3v) is 8.08. The lowest BCUT2D eigenvalue weighted by Crippen LogP contribution is -1.96. The number of hydrogen-bond acceptors (Lipinski definition) is 2. The van der Waals surface area contributed by atoms with Crippen LogP contribution in [0.15, 0.2) is 140 Å². The summed E-state index contributed by atoms with van der Waals surface area (Å²) in [5.74, 6) is 0.645. The fraction of sp³-hybridized carbons (Fsp3) is 0. The van der Waals surface area contributed by atoms with Crippen LogP contribution in [0.3, 0.4) is 0 Å². The Balaban J connectivity index is 1.34. The quantitative estimate of drug-likeness (QED) is 0.207. The van der Waals surface area contributed by atoms with E-state index in [1.165, 1.54) is 32.3 Å². The third-order valence-electron chi connectivity index (χ3n) is 7.86. The Kier molecular flexibility index (Phi) is 5.54. The first-order valence-corrected chi connectivity index (χ1v) is 14.1. The summed E-state index contributed by atoms with van der Waals surface area (Å²) in [4.78, 5) is 10.1. The molecule has 0 N–H and O–H groups in total. The molecule has 3 heteroatoms. The van der Waals surface area contributed by atoms with Crippen molar-refractivity contribution < 1.29 is 0 Å². The van der Waals surface area contributed by atoms with Gasteiger partial charge in [-0.2, -0.15) is 0 Å². The van der Waals surface area contributed by atoms with E-state index in [0.717, 1.165) is 39.2 Å². The molecule has 0 bridgehead atoms. The Morgan fingerprint density at radius 3 is 1.63 bits per heavy atom. The van der Waals surface area contributed by atoms with Crippen LogP contribution in [0.4, 0.5) is 0 Å². The van der Waals surface area contributed by atoms with Crippen molar-refractivity contribution in [1.29, 1.82) is 0 Å². The van der Waals surface area contributed by atoms with Crippen molar-refractivity contribution in [1.82, 2.24) is 9.97 Å². The van der Waals surface area contributed by atoms with E-state index in [1.54, 1.807) is 0 Å². The van der Waals surface area contributed by atoms with E-state index in [9.17, 15) is 0 Å². The third kappa shape index (κ3) is 4.12. The van der Waals surface area contributed by atoms with Gasteiger partial charge in [-0.1, -0.05) is 127 Å². The fourth-order valence-electron chi connectivity index (χ4n) is 5.95. The predicted octanol–water partition coefficient (Wildman–Crippen LogP) is 10.7. The molecule has 0 radical (unpaired) electrons. The Morgan fingerprint density at radius 1 is 0.415 bits per heavy atom. The smallest absolute Gasteiger partial charge is 0.160 e. The van der Waals surface area contributed by atoms with Gasteiger partial charge in [-0.25, -0.2) is 9.97 Å². The van der Waals surface area contributed by atoms with E-state index < -0.39 is 0 Å². The summed E-state index contributed by atoms with van der Waals surface area (Å²) < 4.78 is 0. The van der Waals surface area contributed by atoms with E-state index in [0.29, 0.717) is 10.8 Å². The van der Waals surface area contributed by atoms with Gasteiger partial charge in [0.2, 0.25) is 0 Å². The summed E-state index contributed by atoms with van der Waals surface area (Å²) in [6, 6.07) is 48.5. The average molecular weight is 543 g/mol. The van der Waals surface area contributed by atoms with Gasteiger partial charge in [-0.05, 0) is 67.7 Å². The molecule has 1 aromatic heterocycles. The maximum absolute atomic E-state index is 6.81. The first kappa shape index (κ1) is 23.8. The van der Waals surface area contributed by atoms with Crippen molar-refractivity contribution in [3.8, 4) is 45.0 Å². The molecule has 7 aromatic carbocycles. The molecule has 0 aliphatic heterocycles. The molecular formula is C38H23ClN2. The lowest BCUT2D eigenvalue weighted by atomic mass is 9.89. The minimum atomic E-state index is 0.645. The average Bonchev–Trinajstić information content (AvgIpc) is 3.04. The maximum Gasteiger partial charge on any atom is 0.160 e. The molecular weight excluding hydrogens is 520 g/mol. The van der Waals surface area contributed by atoms with Gasteiger partial charge >= 0.3 is 0 Å². The molecule has 0 saturated carbocycles. The van der Waals surface area contributed by atoms with Crippen molar-refractivity contribution in [2.24, 2.45) is 0 Å². The van der Waals surface area contributed by atoms with E-state index in [2.05, 4.69) is 91.0 Å². The zero-order chi connectivity index (χ0) is 27.3. The molecule has 0 amide bonds. The number of halogens is 1. The van der Waals surface area contributed by atoms with Crippen molar-refractivity contribution in [2.75, 3.05) is 0 Å². The Labute approximate surface area is 242 Å². The molecule has 0 fully saturated rings. The highest BCUT2D eigenvalue weighted by atomic mass is 35.5. The molecule has 1 heterocycles. The van der Waals surface area contributed by atoms with Gasteiger partial charge in [0, 0.05) is 21.7 Å². The summed E-state index contributed by atoms with van der Waals surface area (Å²) in [5, 5.41) is 8.20. The second kappa shape index (κ2) is 9.55. The zero-order valence-corrected chi connectivity index (χ0v) is 22.8. The number of nitrogens with zero attached hydrogens (tertiary/aromatic N) is 2. The SMILES string of the molecule is Clc1cc(-c2nc(-c3ccccc3)cc(-c3ccccc3)n2)cc(-c2ccc3ccc4cccc5ccc2c3c45)c1.